The second-order valence-corrected chi connectivity index (χ2v) is 17.1. The zero-order valence-electron chi connectivity index (χ0n) is 32.5. The van der Waals surface area contributed by atoms with Crippen LogP contribution in [0, 0.1) is 19.0 Å². The third kappa shape index (κ3) is 5.73. The van der Waals surface area contributed by atoms with Crippen LogP contribution in [0.4, 0.5) is 22.7 Å². The van der Waals surface area contributed by atoms with E-state index in [2.05, 4.69) is 144 Å². The summed E-state index contributed by atoms with van der Waals surface area (Å²) >= 11 is 0. The average Bonchev–Trinajstić information content (AvgIpc) is 3.81. The van der Waals surface area contributed by atoms with Gasteiger partial charge in [0.25, 0.3) is 0 Å². The molecule has 1 aliphatic rings. The van der Waals surface area contributed by atoms with Crippen LogP contribution in [0.25, 0.3) is 27.6 Å². The number of fused-ring (bicyclic) bond motifs is 4. The molecule has 0 radical (unpaired) electrons. The summed E-state index contributed by atoms with van der Waals surface area (Å²) in [5, 5.41) is 10.4. The Labute approximate surface area is 340 Å². The molecule has 0 atom stereocenters. The Morgan fingerprint density at radius 3 is 1.95 bits per heavy atom. The third-order valence-corrected chi connectivity index (χ3v) is 14.9. The van der Waals surface area contributed by atoms with E-state index in [9.17, 15) is 0 Å². The van der Waals surface area contributed by atoms with E-state index < -0.39 is 14.9 Å². The van der Waals surface area contributed by atoms with E-state index in [-0.39, 0.29) is 26.6 Å². The number of nitrogens with zero attached hydrogens (tertiary/aromatic N) is 4. The molecule has 268 valence electrons. The Morgan fingerprint density at radius 2 is 1.22 bits per heavy atom. The Balaban J connectivity index is 0.00000436. The topological polar surface area (TPSA) is 37.1 Å². The zero-order chi connectivity index (χ0) is 38.6. The van der Waals surface area contributed by atoms with Gasteiger partial charge in [-0.25, -0.2) is 4.98 Å². The molecule has 1 N–H and O–H groups in total. The quantitative estimate of drug-likeness (QED) is 0.0697. The summed E-state index contributed by atoms with van der Waals surface area (Å²) < 4.78 is 26.6. The van der Waals surface area contributed by atoms with Crippen molar-refractivity contribution in [2.24, 2.45) is 0 Å². The first-order chi connectivity index (χ1) is 27.9. The molecule has 0 unspecified atom stereocenters. The number of benzene rings is 7. The first kappa shape index (κ1) is 31.3. The maximum absolute atomic E-state index is 8.17. The predicted molar refractivity (Wildman–Crippen MR) is 224 cm³/mol. The monoisotopic (exact) mass is 909 g/mol. The minimum atomic E-state index is -3.20. The maximum atomic E-state index is 8.17. The molecule has 5 nitrogen and oxygen atoms in total. The van der Waals surface area contributed by atoms with Gasteiger partial charge in [0.1, 0.15) is 31.0 Å². The normalized spacial score (nSPS) is 13.6. The molecule has 0 fully saturated rings. The number of rotatable bonds is 7. The fourth-order valence-electron chi connectivity index (χ4n) is 7.95. The van der Waals surface area contributed by atoms with Crippen molar-refractivity contribution in [2.75, 3.05) is 10.1 Å². The molecule has 0 amide bonds. The van der Waals surface area contributed by atoms with Crippen LogP contribution in [0.15, 0.2) is 188 Å². The number of anilines is 4. The molecule has 0 saturated heterocycles. The first-order valence-electron chi connectivity index (χ1n) is 19.4. The summed E-state index contributed by atoms with van der Waals surface area (Å²) in [5.41, 5.74) is 5.73. The van der Waals surface area contributed by atoms with Crippen LogP contribution < -0.4 is 30.9 Å². The van der Waals surface area contributed by atoms with Gasteiger partial charge in [-0.1, -0.05) is 120 Å². The van der Waals surface area contributed by atoms with Gasteiger partial charge < -0.3 is 4.57 Å². The Bertz CT molecular complexity index is 2870. The van der Waals surface area contributed by atoms with E-state index in [1.807, 2.05) is 52.6 Å². The summed E-state index contributed by atoms with van der Waals surface area (Å²) in [6, 6.07) is 70.0. The fraction of sp³-hybridized carbons (Fsp3) is 0.0208. The molecular weight excluding hydrogens is 872 g/mol. The van der Waals surface area contributed by atoms with Gasteiger partial charge >= 0.3 is 0 Å². The maximum Gasteiger partial charge on any atom is 0.148 e. The molecule has 7 heteroatoms. The molecule has 10 rings (SSSR count). The van der Waals surface area contributed by atoms with Crippen LogP contribution in [0.2, 0.25) is 0 Å². The van der Waals surface area contributed by atoms with E-state index in [1.54, 1.807) is 18.3 Å². The molecule has 0 saturated carbocycles. The number of aromatic nitrogens is 2. The van der Waals surface area contributed by atoms with Crippen molar-refractivity contribution in [1.29, 1.82) is 0 Å². The average molecular weight is 910 g/mol. The predicted octanol–water partition coefficient (Wildman–Crippen LogP) is 8.59. The SMILES string of the molecule is [2H]C([2H])([2H])c1ccnc(-n2c3[c-]c([Si](c4[c-]c(N5[OH+]N(c6ccccc6)c6ccccc65)ccc4)(c4ccccc4)c4ccccc4)ccc3c3ccccc32)c1.[Pt]. The molecule has 2 aromatic heterocycles. The van der Waals surface area contributed by atoms with Gasteiger partial charge in [0.15, 0.2) is 0 Å². The van der Waals surface area contributed by atoms with Crippen LogP contribution in [0.5, 0.6) is 0 Å². The van der Waals surface area contributed by atoms with E-state index in [0.29, 0.717) is 5.82 Å². The van der Waals surface area contributed by atoms with Crippen molar-refractivity contribution < 1.29 is 30.1 Å². The van der Waals surface area contributed by atoms with Gasteiger partial charge in [0.2, 0.25) is 0 Å². The van der Waals surface area contributed by atoms with Gasteiger partial charge in [-0.2, -0.15) is 51.7 Å². The van der Waals surface area contributed by atoms with Crippen molar-refractivity contribution in [1.82, 2.24) is 9.55 Å². The molecule has 3 heterocycles. The number of hydrogen-bond acceptors (Lipinski definition) is 3. The Morgan fingerprint density at radius 1 is 0.582 bits per heavy atom. The standard InChI is InChI=1S/C48H34N4OSi.Pt/c1-35-30-31-49-48(32-35)50-44-25-12-11-24-42(44)43-29-28-41(34-47(43)50)54(38-19-7-3-8-20-38,39-21-9-4-10-22-39)40-23-15-18-37(33-40)52-46-27-14-13-26-45(46)51(53-52)36-16-5-2-6-17-36;/h2-32H,1H3;/q-2;/p+1/i1D3;. The number of aryl methyl sites for hydroxylation is 1. The van der Waals surface area contributed by atoms with E-state index in [0.717, 1.165) is 54.9 Å². The second-order valence-electron chi connectivity index (χ2n) is 13.4. The Hall–Kier alpha value is -6.04. The van der Waals surface area contributed by atoms with Crippen LogP contribution >= 0.6 is 0 Å². The zero-order valence-corrected chi connectivity index (χ0v) is 32.7. The van der Waals surface area contributed by atoms with Gasteiger partial charge in [0.05, 0.1) is 0 Å². The van der Waals surface area contributed by atoms with Gasteiger partial charge in [0, 0.05) is 42.6 Å². The molecule has 7 aromatic carbocycles. The second kappa shape index (κ2) is 14.3. The number of hydrogen-bond donors (Lipinski definition) is 0. The largest absolute Gasteiger partial charge is 0.319 e. The van der Waals surface area contributed by atoms with Crippen molar-refractivity contribution in [3.05, 3.63) is 206 Å². The van der Waals surface area contributed by atoms with Crippen molar-refractivity contribution in [3.63, 3.8) is 0 Å². The van der Waals surface area contributed by atoms with Crippen molar-refractivity contribution >= 4 is 73.4 Å². The van der Waals surface area contributed by atoms with Gasteiger partial charge in [-0.05, 0) is 70.6 Å². The summed E-state index contributed by atoms with van der Waals surface area (Å²) in [5.74, 6) is 0.528. The van der Waals surface area contributed by atoms with E-state index >= 15 is 0 Å². The summed E-state index contributed by atoms with van der Waals surface area (Å²) in [4.78, 5) is 9.91. The summed E-state index contributed by atoms with van der Waals surface area (Å²) in [7, 11) is -3.20. The van der Waals surface area contributed by atoms with Crippen molar-refractivity contribution in [2.45, 2.75) is 6.85 Å². The third-order valence-electron chi connectivity index (χ3n) is 10.3. The van der Waals surface area contributed by atoms with Crippen LogP contribution in [-0.4, -0.2) is 22.6 Å². The molecule has 55 heavy (non-hydrogen) atoms. The first-order valence-corrected chi connectivity index (χ1v) is 19.9. The van der Waals surface area contributed by atoms with Crippen molar-refractivity contribution in [3.8, 4) is 5.82 Å². The smallest absolute Gasteiger partial charge is 0.148 e. The number of para-hydroxylation sites is 4. The molecule has 1 aliphatic heterocycles. The molecule has 0 aliphatic carbocycles. The van der Waals surface area contributed by atoms with E-state index in [1.165, 1.54) is 10.4 Å². The van der Waals surface area contributed by atoms with Gasteiger partial charge in [-0.3, -0.25) is 0 Å². The minimum absolute atomic E-state index is 0. The van der Waals surface area contributed by atoms with E-state index in [4.69, 9.17) is 14.0 Å². The summed E-state index contributed by atoms with van der Waals surface area (Å²) in [6.45, 7) is -2.28. The summed E-state index contributed by atoms with van der Waals surface area (Å²) in [6.07, 6.45) is 1.58. The molecule has 9 aromatic rings. The molecule has 0 bridgehead atoms. The van der Waals surface area contributed by atoms with Crippen LogP contribution in [0.3, 0.4) is 0 Å². The number of pyridine rings is 1. The van der Waals surface area contributed by atoms with Crippen LogP contribution in [0.1, 0.15) is 9.68 Å². The molecule has 0 spiro atoms. The fourth-order valence-corrected chi connectivity index (χ4v) is 12.5. The van der Waals surface area contributed by atoms with Crippen LogP contribution in [-0.2, 0) is 21.1 Å². The molecular formula is C48H35N4OPtSi-. The Kier molecular flexibility index (Phi) is 8.15. The van der Waals surface area contributed by atoms with Gasteiger partial charge in [-0.15, -0.1) is 16.5 Å². The minimum Gasteiger partial charge on any atom is -0.319 e.